The lowest BCUT2D eigenvalue weighted by molar-refractivity contribution is 0.484. The molecule has 3 nitrogen and oxygen atoms in total. The Balaban J connectivity index is 2.33. The molecule has 2 aromatic carbocycles. The van der Waals surface area contributed by atoms with E-state index in [0.29, 0.717) is 27.2 Å². The van der Waals surface area contributed by atoms with E-state index in [9.17, 15) is 0 Å². The van der Waals surface area contributed by atoms with Gasteiger partial charge in [0.05, 0.1) is 5.88 Å². The van der Waals surface area contributed by atoms with Crippen LogP contribution < -0.4 is 10.5 Å². The third kappa shape index (κ3) is 4.04. The van der Waals surface area contributed by atoms with Crippen LogP contribution in [0.4, 0.5) is 5.69 Å². The average molecular weight is 330 g/mol. The number of benzene rings is 2. The van der Waals surface area contributed by atoms with Crippen LogP contribution >= 0.6 is 34.8 Å². The lowest BCUT2D eigenvalue weighted by Crippen LogP contribution is -2.12. The normalized spacial score (nSPS) is 11.4. The topological polar surface area (TPSA) is 47.6 Å². The van der Waals surface area contributed by atoms with Gasteiger partial charge in [0.25, 0.3) is 0 Å². The second-order valence-electron chi connectivity index (χ2n) is 3.90. The minimum atomic E-state index is 0.132. The van der Waals surface area contributed by atoms with Gasteiger partial charge in [0, 0.05) is 10.0 Å². The van der Waals surface area contributed by atoms with Gasteiger partial charge in [0.15, 0.2) is 5.75 Å². The monoisotopic (exact) mass is 328 g/mol. The first-order valence-corrected chi connectivity index (χ1v) is 6.99. The molecule has 0 amide bonds. The highest BCUT2D eigenvalue weighted by Crippen LogP contribution is 2.34. The van der Waals surface area contributed by atoms with Crippen LogP contribution in [0.2, 0.25) is 10.0 Å². The van der Waals surface area contributed by atoms with E-state index < -0.39 is 0 Å². The van der Waals surface area contributed by atoms with Crippen molar-refractivity contribution in [3.63, 3.8) is 0 Å². The maximum absolute atomic E-state index is 5.95. The molecule has 0 atom stereocenters. The minimum Gasteiger partial charge on any atom is -0.455 e. The summed E-state index contributed by atoms with van der Waals surface area (Å²) >= 11 is 17.4. The van der Waals surface area contributed by atoms with Crippen molar-refractivity contribution >= 4 is 46.3 Å². The lowest BCUT2D eigenvalue weighted by Gasteiger charge is -2.09. The van der Waals surface area contributed by atoms with E-state index in [1.807, 2.05) is 0 Å². The van der Waals surface area contributed by atoms with Crippen LogP contribution in [-0.4, -0.2) is 11.7 Å². The molecule has 0 fully saturated rings. The number of amidine groups is 1. The zero-order valence-corrected chi connectivity index (χ0v) is 12.6. The molecule has 0 saturated carbocycles. The summed E-state index contributed by atoms with van der Waals surface area (Å²) in [6.07, 6.45) is 0. The fourth-order valence-corrected chi connectivity index (χ4v) is 1.83. The van der Waals surface area contributed by atoms with Crippen LogP contribution in [0.15, 0.2) is 47.5 Å². The van der Waals surface area contributed by atoms with Gasteiger partial charge in [-0.15, -0.1) is 11.6 Å². The van der Waals surface area contributed by atoms with Crippen LogP contribution in [0.3, 0.4) is 0 Å². The van der Waals surface area contributed by atoms with Crippen molar-refractivity contribution in [3.8, 4) is 11.5 Å². The highest BCUT2D eigenvalue weighted by molar-refractivity contribution is 6.31. The van der Waals surface area contributed by atoms with E-state index in [-0.39, 0.29) is 11.7 Å². The SMILES string of the molecule is NC(CCl)=Nc1cc(Cl)ccc1Oc1ccc(Cl)cc1. The molecule has 0 aromatic heterocycles. The number of nitrogens with two attached hydrogens (primary N) is 1. The number of hydrogen-bond donors (Lipinski definition) is 1. The van der Waals surface area contributed by atoms with E-state index >= 15 is 0 Å². The molecule has 104 valence electrons. The number of halogens is 3. The Bertz CT molecular complexity index is 627. The molecule has 0 radical (unpaired) electrons. The summed E-state index contributed by atoms with van der Waals surface area (Å²) in [7, 11) is 0. The minimum absolute atomic E-state index is 0.132. The number of nitrogens with zero attached hydrogens (tertiary/aromatic N) is 1. The van der Waals surface area contributed by atoms with Gasteiger partial charge >= 0.3 is 0 Å². The molecule has 2 N–H and O–H groups in total. The Kier molecular flexibility index (Phi) is 5.12. The van der Waals surface area contributed by atoms with E-state index in [1.165, 1.54) is 0 Å². The van der Waals surface area contributed by atoms with Crippen LogP contribution in [0, 0.1) is 0 Å². The molecule has 2 aromatic rings. The van der Waals surface area contributed by atoms with Crippen molar-refractivity contribution in [2.75, 3.05) is 5.88 Å². The molecule has 0 aliphatic carbocycles. The molecule has 0 aliphatic heterocycles. The smallest absolute Gasteiger partial charge is 0.153 e. The molecule has 0 unspecified atom stereocenters. The molecule has 0 heterocycles. The summed E-state index contributed by atoms with van der Waals surface area (Å²) < 4.78 is 5.74. The van der Waals surface area contributed by atoms with Gasteiger partial charge in [-0.05, 0) is 42.5 Å². The molecule has 2 rings (SSSR count). The standard InChI is InChI=1S/C14H11Cl3N2O/c15-8-14(18)19-12-7-10(17)3-6-13(12)20-11-4-1-9(16)2-5-11/h1-7H,8H2,(H2,18,19). The Morgan fingerprint density at radius 1 is 1.05 bits per heavy atom. The largest absolute Gasteiger partial charge is 0.455 e. The van der Waals surface area contributed by atoms with Gasteiger partial charge in [0.2, 0.25) is 0 Å². The summed E-state index contributed by atoms with van der Waals surface area (Å²) in [6.45, 7) is 0. The maximum Gasteiger partial charge on any atom is 0.153 e. The Labute approximate surface area is 131 Å². The molecule has 0 spiro atoms. The summed E-state index contributed by atoms with van der Waals surface area (Å²) in [4.78, 5) is 4.18. The molecular weight excluding hydrogens is 319 g/mol. The van der Waals surface area contributed by atoms with Crippen LogP contribution in [0.5, 0.6) is 11.5 Å². The molecular formula is C14H11Cl3N2O. The van der Waals surface area contributed by atoms with Gasteiger partial charge in [-0.1, -0.05) is 23.2 Å². The zero-order chi connectivity index (χ0) is 14.5. The average Bonchev–Trinajstić information content (AvgIpc) is 2.44. The Hall–Kier alpha value is -1.42. The van der Waals surface area contributed by atoms with Crippen LogP contribution in [-0.2, 0) is 0 Å². The second-order valence-corrected chi connectivity index (χ2v) is 5.04. The molecule has 0 bridgehead atoms. The van der Waals surface area contributed by atoms with Crippen LogP contribution in [0.25, 0.3) is 0 Å². The van der Waals surface area contributed by atoms with Gasteiger partial charge in [0.1, 0.15) is 17.3 Å². The summed E-state index contributed by atoms with van der Waals surface area (Å²) in [5.74, 6) is 1.59. The van der Waals surface area contributed by atoms with Crippen molar-refractivity contribution in [1.29, 1.82) is 0 Å². The van der Waals surface area contributed by atoms with Crippen molar-refractivity contribution in [2.45, 2.75) is 0 Å². The molecule has 0 saturated heterocycles. The van der Waals surface area contributed by atoms with Crippen molar-refractivity contribution in [2.24, 2.45) is 10.7 Å². The maximum atomic E-state index is 5.95. The first-order chi connectivity index (χ1) is 9.58. The highest BCUT2D eigenvalue weighted by Gasteiger charge is 2.06. The van der Waals surface area contributed by atoms with E-state index in [4.69, 9.17) is 45.3 Å². The summed E-state index contributed by atoms with van der Waals surface area (Å²) in [5, 5.41) is 1.17. The van der Waals surface area contributed by atoms with Crippen LogP contribution in [0.1, 0.15) is 0 Å². The number of hydrogen-bond acceptors (Lipinski definition) is 2. The number of alkyl halides is 1. The van der Waals surface area contributed by atoms with Gasteiger partial charge in [-0.2, -0.15) is 0 Å². The van der Waals surface area contributed by atoms with Gasteiger partial charge < -0.3 is 10.5 Å². The van der Waals surface area contributed by atoms with Gasteiger partial charge in [-0.25, -0.2) is 4.99 Å². The van der Waals surface area contributed by atoms with E-state index in [1.54, 1.807) is 42.5 Å². The lowest BCUT2D eigenvalue weighted by atomic mass is 10.3. The highest BCUT2D eigenvalue weighted by atomic mass is 35.5. The Morgan fingerprint density at radius 3 is 2.35 bits per heavy atom. The number of rotatable bonds is 4. The fourth-order valence-electron chi connectivity index (χ4n) is 1.48. The van der Waals surface area contributed by atoms with E-state index in [2.05, 4.69) is 4.99 Å². The molecule has 0 aliphatic rings. The first-order valence-electron chi connectivity index (χ1n) is 5.70. The van der Waals surface area contributed by atoms with Crippen molar-refractivity contribution in [1.82, 2.24) is 0 Å². The predicted molar refractivity (Wildman–Crippen MR) is 85.0 cm³/mol. The van der Waals surface area contributed by atoms with Crippen molar-refractivity contribution in [3.05, 3.63) is 52.5 Å². The quantitative estimate of drug-likeness (QED) is 0.487. The fraction of sp³-hybridized carbons (Fsp3) is 0.0714. The van der Waals surface area contributed by atoms with Gasteiger partial charge in [-0.3, -0.25) is 0 Å². The van der Waals surface area contributed by atoms with Crippen molar-refractivity contribution < 1.29 is 4.74 Å². The molecule has 20 heavy (non-hydrogen) atoms. The Morgan fingerprint density at radius 2 is 1.70 bits per heavy atom. The third-order valence-electron chi connectivity index (χ3n) is 2.36. The zero-order valence-electron chi connectivity index (χ0n) is 10.3. The second kappa shape index (κ2) is 6.84. The first kappa shape index (κ1) is 15.0. The van der Waals surface area contributed by atoms with E-state index in [0.717, 1.165) is 0 Å². The predicted octanol–water partition coefficient (Wildman–Crippen LogP) is 5.01. The number of ether oxygens (including phenoxy) is 1. The number of aliphatic imine (C=N–C) groups is 1. The third-order valence-corrected chi connectivity index (χ3v) is 3.12. The molecule has 6 heteroatoms. The summed E-state index contributed by atoms with van der Waals surface area (Å²) in [5.41, 5.74) is 6.16. The summed E-state index contributed by atoms with van der Waals surface area (Å²) in [6, 6.07) is 12.1.